The van der Waals surface area contributed by atoms with E-state index in [0.29, 0.717) is 16.6 Å². The van der Waals surface area contributed by atoms with Gasteiger partial charge >= 0.3 is 5.97 Å². The predicted molar refractivity (Wildman–Crippen MR) is 70.5 cm³/mol. The summed E-state index contributed by atoms with van der Waals surface area (Å²) in [6.07, 6.45) is 0.151. The third kappa shape index (κ3) is 2.64. The number of hydrogen-bond acceptors (Lipinski definition) is 6. The Kier molecular flexibility index (Phi) is 3.91. The van der Waals surface area contributed by atoms with Crippen LogP contribution >= 0.6 is 23.1 Å². The molecule has 0 saturated carbocycles. The molecule has 0 aliphatic carbocycles. The van der Waals surface area contributed by atoms with E-state index in [0.717, 1.165) is 11.3 Å². The van der Waals surface area contributed by atoms with Crippen LogP contribution in [0.2, 0.25) is 0 Å². The normalized spacial score (nSPS) is 19.3. The lowest BCUT2D eigenvalue weighted by Gasteiger charge is -2.10. The molecule has 0 bridgehead atoms. The zero-order valence-electron chi connectivity index (χ0n) is 10.4. The van der Waals surface area contributed by atoms with Crippen LogP contribution in [0, 0.1) is 6.92 Å². The van der Waals surface area contributed by atoms with Crippen LogP contribution in [0.15, 0.2) is 4.34 Å². The van der Waals surface area contributed by atoms with Gasteiger partial charge in [0.1, 0.15) is 4.88 Å². The van der Waals surface area contributed by atoms with Gasteiger partial charge in [0.05, 0.1) is 10.9 Å². The van der Waals surface area contributed by atoms with Gasteiger partial charge in [-0.25, -0.2) is 9.78 Å². The van der Waals surface area contributed by atoms with E-state index in [-0.39, 0.29) is 23.1 Å². The Morgan fingerprint density at radius 2 is 2.26 bits per heavy atom. The van der Waals surface area contributed by atoms with E-state index in [4.69, 9.17) is 5.11 Å². The topological polar surface area (TPSA) is 87.6 Å². The number of likely N-dealkylation sites (tertiary alicyclic amines) is 1. The molecule has 1 saturated heterocycles. The quantitative estimate of drug-likeness (QED) is 0.845. The minimum Gasteiger partial charge on any atom is -0.477 e. The first-order valence-electron chi connectivity index (χ1n) is 5.65. The smallest absolute Gasteiger partial charge is 0.347 e. The first kappa shape index (κ1) is 14.0. The molecule has 6 nitrogen and oxygen atoms in total. The molecule has 1 unspecified atom stereocenters. The van der Waals surface area contributed by atoms with Crippen molar-refractivity contribution in [1.29, 1.82) is 0 Å². The Bertz CT molecular complexity index is 555. The van der Waals surface area contributed by atoms with Crippen molar-refractivity contribution in [2.75, 3.05) is 6.54 Å². The minimum absolute atomic E-state index is 0.151. The summed E-state index contributed by atoms with van der Waals surface area (Å²) in [6, 6.07) is 0. The monoisotopic (exact) mass is 300 g/mol. The van der Waals surface area contributed by atoms with E-state index in [9.17, 15) is 14.4 Å². The van der Waals surface area contributed by atoms with Crippen molar-refractivity contribution in [2.24, 2.45) is 0 Å². The number of amides is 2. The number of thioether (sulfide) groups is 1. The molecule has 8 heteroatoms. The van der Waals surface area contributed by atoms with Gasteiger partial charge in [0, 0.05) is 13.0 Å². The number of carboxylic acid groups (broad SMARTS) is 1. The molecule has 2 heterocycles. The van der Waals surface area contributed by atoms with Crippen LogP contribution in [-0.4, -0.2) is 44.6 Å². The summed E-state index contributed by atoms with van der Waals surface area (Å²) >= 11 is 2.20. The molecule has 1 aliphatic heterocycles. The molecule has 19 heavy (non-hydrogen) atoms. The highest BCUT2D eigenvalue weighted by Crippen LogP contribution is 2.35. The standard InChI is InChI=1S/C11H12N2O4S2/c1-3-13-7(14)4-6(9(13)15)18-11-12-5(2)8(19-11)10(16)17/h6H,3-4H2,1-2H3,(H,16,17). The van der Waals surface area contributed by atoms with Gasteiger partial charge in [0.2, 0.25) is 11.8 Å². The fourth-order valence-corrected chi connectivity index (χ4v) is 4.14. The Morgan fingerprint density at radius 3 is 2.74 bits per heavy atom. The highest BCUT2D eigenvalue weighted by atomic mass is 32.2. The van der Waals surface area contributed by atoms with Gasteiger partial charge in [-0.05, 0) is 13.8 Å². The summed E-state index contributed by atoms with van der Waals surface area (Å²) in [5.41, 5.74) is 0.434. The van der Waals surface area contributed by atoms with Crippen molar-refractivity contribution >= 4 is 40.9 Å². The second-order valence-electron chi connectivity index (χ2n) is 3.99. The molecule has 2 rings (SSSR count). The van der Waals surface area contributed by atoms with E-state index in [1.54, 1.807) is 13.8 Å². The van der Waals surface area contributed by atoms with E-state index >= 15 is 0 Å². The molecule has 0 aromatic carbocycles. The van der Waals surface area contributed by atoms with E-state index in [1.807, 2.05) is 0 Å². The molecule has 0 radical (unpaired) electrons. The average Bonchev–Trinajstić information content (AvgIpc) is 2.81. The number of aryl methyl sites for hydroxylation is 1. The van der Waals surface area contributed by atoms with Crippen LogP contribution in [0.25, 0.3) is 0 Å². The summed E-state index contributed by atoms with van der Waals surface area (Å²) in [4.78, 5) is 39.9. The minimum atomic E-state index is -1.02. The largest absolute Gasteiger partial charge is 0.477 e. The van der Waals surface area contributed by atoms with Gasteiger partial charge in [0.15, 0.2) is 4.34 Å². The Hall–Kier alpha value is -1.41. The van der Waals surface area contributed by atoms with Crippen LogP contribution in [0.1, 0.15) is 28.7 Å². The van der Waals surface area contributed by atoms with Gasteiger partial charge in [-0.2, -0.15) is 0 Å². The molecule has 1 fully saturated rings. The number of imide groups is 1. The van der Waals surface area contributed by atoms with Gasteiger partial charge in [0.25, 0.3) is 0 Å². The van der Waals surface area contributed by atoms with Gasteiger partial charge in [-0.3, -0.25) is 14.5 Å². The number of thiazole rings is 1. The van der Waals surface area contributed by atoms with E-state index < -0.39 is 11.2 Å². The third-order valence-electron chi connectivity index (χ3n) is 2.73. The fraction of sp³-hybridized carbons (Fsp3) is 0.455. The number of rotatable bonds is 4. The van der Waals surface area contributed by atoms with E-state index in [2.05, 4.69) is 4.98 Å². The molecule has 2 amide bonds. The van der Waals surface area contributed by atoms with Crippen LogP contribution < -0.4 is 0 Å². The summed E-state index contributed by atoms with van der Waals surface area (Å²) in [7, 11) is 0. The van der Waals surface area contributed by atoms with Crippen LogP contribution in [-0.2, 0) is 9.59 Å². The highest BCUT2D eigenvalue weighted by Gasteiger charge is 2.38. The lowest BCUT2D eigenvalue weighted by molar-refractivity contribution is -0.137. The average molecular weight is 300 g/mol. The van der Waals surface area contributed by atoms with Crippen LogP contribution in [0.3, 0.4) is 0 Å². The summed E-state index contributed by atoms with van der Waals surface area (Å²) in [5, 5.41) is 8.46. The van der Waals surface area contributed by atoms with Crippen molar-refractivity contribution in [1.82, 2.24) is 9.88 Å². The predicted octanol–water partition coefficient (Wildman–Crippen LogP) is 1.39. The Labute approximate surface area is 117 Å². The molecular formula is C11H12N2O4S2. The zero-order chi connectivity index (χ0) is 14.2. The molecular weight excluding hydrogens is 288 g/mol. The number of aromatic carboxylic acids is 1. The van der Waals surface area contributed by atoms with Crippen molar-refractivity contribution in [2.45, 2.75) is 29.9 Å². The molecule has 1 atom stereocenters. The molecule has 1 aromatic rings. The maximum Gasteiger partial charge on any atom is 0.347 e. The number of carbonyl (C=O) groups excluding carboxylic acids is 2. The fourth-order valence-electron chi connectivity index (χ4n) is 1.82. The maximum atomic E-state index is 11.9. The first-order chi connectivity index (χ1) is 8.93. The second-order valence-corrected chi connectivity index (χ2v) is 6.44. The lowest BCUT2D eigenvalue weighted by atomic mass is 10.4. The Morgan fingerprint density at radius 1 is 1.58 bits per heavy atom. The molecule has 1 aliphatic rings. The third-order valence-corrected chi connectivity index (χ3v) is 5.16. The number of hydrogen-bond donors (Lipinski definition) is 1. The van der Waals surface area contributed by atoms with Crippen molar-refractivity contribution in [3.05, 3.63) is 10.6 Å². The summed E-state index contributed by atoms with van der Waals surface area (Å²) < 4.78 is 0.513. The highest BCUT2D eigenvalue weighted by molar-refractivity contribution is 8.02. The van der Waals surface area contributed by atoms with Crippen LogP contribution in [0.4, 0.5) is 0 Å². The first-order valence-corrected chi connectivity index (χ1v) is 7.35. The van der Waals surface area contributed by atoms with Gasteiger partial charge < -0.3 is 5.11 Å². The summed E-state index contributed by atoms with van der Waals surface area (Å²) in [5.74, 6) is -1.43. The molecule has 1 aromatic heterocycles. The molecule has 0 spiro atoms. The number of carbonyl (C=O) groups is 3. The number of nitrogens with zero attached hydrogens (tertiary/aromatic N) is 2. The van der Waals surface area contributed by atoms with Gasteiger partial charge in [-0.15, -0.1) is 11.3 Å². The zero-order valence-corrected chi connectivity index (χ0v) is 12.0. The summed E-state index contributed by atoms with van der Waals surface area (Å²) in [6.45, 7) is 3.73. The number of aromatic nitrogens is 1. The SMILES string of the molecule is CCN1C(=O)CC(Sc2nc(C)c(C(=O)O)s2)C1=O. The molecule has 1 N–H and O–H groups in total. The van der Waals surface area contributed by atoms with Crippen molar-refractivity contribution < 1.29 is 19.5 Å². The lowest BCUT2D eigenvalue weighted by Crippen LogP contribution is -2.30. The van der Waals surface area contributed by atoms with Crippen LogP contribution in [0.5, 0.6) is 0 Å². The van der Waals surface area contributed by atoms with Crippen molar-refractivity contribution in [3.8, 4) is 0 Å². The second kappa shape index (κ2) is 5.30. The van der Waals surface area contributed by atoms with Crippen molar-refractivity contribution in [3.63, 3.8) is 0 Å². The maximum absolute atomic E-state index is 11.9. The van der Waals surface area contributed by atoms with E-state index in [1.165, 1.54) is 16.7 Å². The van der Waals surface area contributed by atoms with Gasteiger partial charge in [-0.1, -0.05) is 11.8 Å². The number of carboxylic acids is 1. The Balaban J connectivity index is 2.14. The molecule has 102 valence electrons.